The van der Waals surface area contributed by atoms with Gasteiger partial charge >= 0.3 is 0 Å². The molecule has 0 amide bonds. The van der Waals surface area contributed by atoms with E-state index in [-0.39, 0.29) is 6.10 Å². The van der Waals surface area contributed by atoms with Crippen molar-refractivity contribution >= 4 is 5.82 Å². The smallest absolute Gasteiger partial charge is 0.128 e. The zero-order valence-electron chi connectivity index (χ0n) is 13.1. The van der Waals surface area contributed by atoms with Crippen molar-refractivity contribution in [3.63, 3.8) is 0 Å². The maximum atomic E-state index is 5.75. The Balaban J connectivity index is 2.11. The van der Waals surface area contributed by atoms with E-state index in [9.17, 15) is 0 Å². The third kappa shape index (κ3) is 3.49. The lowest BCUT2D eigenvalue weighted by Crippen LogP contribution is -2.49. The predicted molar refractivity (Wildman–Crippen MR) is 83.2 cm³/mol. The van der Waals surface area contributed by atoms with Crippen molar-refractivity contribution < 1.29 is 4.74 Å². The molecule has 4 heteroatoms. The van der Waals surface area contributed by atoms with Crippen LogP contribution < -0.4 is 10.2 Å². The first kappa shape index (κ1) is 15.3. The van der Waals surface area contributed by atoms with E-state index in [2.05, 4.69) is 55.0 Å². The standard InChI is InChI=1S/C16H27N3O/c1-5-15-11-20-12(3)10-19(15)16-8-7-14(9-18-16)13(4)17-6-2/h7-9,12-13,15,17H,5-6,10-11H2,1-4H3. The van der Waals surface area contributed by atoms with Gasteiger partial charge in [-0.1, -0.05) is 19.9 Å². The molecule has 1 fully saturated rings. The van der Waals surface area contributed by atoms with Crippen molar-refractivity contribution in [1.29, 1.82) is 0 Å². The van der Waals surface area contributed by atoms with E-state index >= 15 is 0 Å². The van der Waals surface area contributed by atoms with E-state index in [1.54, 1.807) is 0 Å². The summed E-state index contributed by atoms with van der Waals surface area (Å²) in [7, 11) is 0. The van der Waals surface area contributed by atoms with Gasteiger partial charge in [0.25, 0.3) is 0 Å². The summed E-state index contributed by atoms with van der Waals surface area (Å²) in [6.07, 6.45) is 3.36. The molecule has 1 aliphatic rings. The Kier molecular flexibility index (Phi) is 5.38. The molecule has 0 aromatic carbocycles. The molecular weight excluding hydrogens is 250 g/mol. The van der Waals surface area contributed by atoms with Crippen molar-refractivity contribution in [2.45, 2.75) is 52.3 Å². The Hall–Kier alpha value is -1.13. The highest BCUT2D eigenvalue weighted by Crippen LogP contribution is 2.23. The molecule has 2 rings (SSSR count). The maximum absolute atomic E-state index is 5.75. The number of hydrogen-bond donors (Lipinski definition) is 1. The average Bonchev–Trinajstić information content (AvgIpc) is 2.47. The Bertz CT molecular complexity index is 407. The lowest BCUT2D eigenvalue weighted by atomic mass is 10.1. The largest absolute Gasteiger partial charge is 0.375 e. The zero-order chi connectivity index (χ0) is 14.5. The molecule has 112 valence electrons. The minimum Gasteiger partial charge on any atom is -0.375 e. The van der Waals surface area contributed by atoms with Crippen LogP contribution in [-0.4, -0.2) is 36.8 Å². The molecule has 1 N–H and O–H groups in total. The van der Waals surface area contributed by atoms with Crippen LogP contribution in [0.4, 0.5) is 5.82 Å². The monoisotopic (exact) mass is 277 g/mol. The summed E-state index contributed by atoms with van der Waals surface area (Å²) in [5.74, 6) is 1.07. The summed E-state index contributed by atoms with van der Waals surface area (Å²) in [6.45, 7) is 11.3. The number of anilines is 1. The Morgan fingerprint density at radius 3 is 2.85 bits per heavy atom. The number of nitrogens with zero attached hydrogens (tertiary/aromatic N) is 2. The minimum atomic E-state index is 0.278. The SMILES string of the molecule is CCNC(C)c1ccc(N2CC(C)OCC2CC)nc1. The second-order valence-corrected chi connectivity index (χ2v) is 5.59. The first-order chi connectivity index (χ1) is 9.65. The van der Waals surface area contributed by atoms with Crippen LogP contribution in [0.2, 0.25) is 0 Å². The van der Waals surface area contributed by atoms with Gasteiger partial charge in [-0.3, -0.25) is 0 Å². The second-order valence-electron chi connectivity index (χ2n) is 5.59. The van der Waals surface area contributed by atoms with Gasteiger partial charge in [-0.05, 0) is 38.4 Å². The fourth-order valence-electron chi connectivity index (χ4n) is 2.71. The Morgan fingerprint density at radius 1 is 1.45 bits per heavy atom. The van der Waals surface area contributed by atoms with Gasteiger partial charge in [0.2, 0.25) is 0 Å². The third-order valence-corrected chi connectivity index (χ3v) is 4.01. The number of rotatable bonds is 5. The highest BCUT2D eigenvalue weighted by Gasteiger charge is 2.26. The minimum absolute atomic E-state index is 0.278. The van der Waals surface area contributed by atoms with Gasteiger partial charge in [0.15, 0.2) is 0 Å². The molecule has 20 heavy (non-hydrogen) atoms. The van der Waals surface area contributed by atoms with Crippen LogP contribution in [0.5, 0.6) is 0 Å². The van der Waals surface area contributed by atoms with Gasteiger partial charge in [0.05, 0.1) is 18.8 Å². The summed E-state index contributed by atoms with van der Waals surface area (Å²) >= 11 is 0. The summed E-state index contributed by atoms with van der Waals surface area (Å²) in [6, 6.07) is 5.12. The van der Waals surface area contributed by atoms with Gasteiger partial charge < -0.3 is 15.0 Å². The highest BCUT2D eigenvalue weighted by molar-refractivity contribution is 5.41. The molecule has 1 aliphatic heterocycles. The van der Waals surface area contributed by atoms with Crippen molar-refractivity contribution in [3.05, 3.63) is 23.9 Å². The number of ether oxygens (including phenoxy) is 1. The van der Waals surface area contributed by atoms with Gasteiger partial charge in [0.1, 0.15) is 5.82 Å². The molecule has 0 spiro atoms. The maximum Gasteiger partial charge on any atom is 0.128 e. The molecule has 1 aromatic heterocycles. The van der Waals surface area contributed by atoms with E-state index in [4.69, 9.17) is 4.74 Å². The van der Waals surface area contributed by atoms with Crippen LogP contribution in [0.25, 0.3) is 0 Å². The molecule has 1 aromatic rings. The van der Waals surface area contributed by atoms with Crippen molar-refractivity contribution in [3.8, 4) is 0 Å². The molecule has 0 aliphatic carbocycles. The predicted octanol–water partition coefficient (Wildman–Crippen LogP) is 2.76. The molecule has 1 saturated heterocycles. The summed E-state index contributed by atoms with van der Waals surface area (Å²) in [5, 5.41) is 3.41. The van der Waals surface area contributed by atoms with E-state index in [0.717, 1.165) is 31.9 Å². The van der Waals surface area contributed by atoms with Crippen LogP contribution in [0.3, 0.4) is 0 Å². The number of morpholine rings is 1. The second kappa shape index (κ2) is 7.04. The van der Waals surface area contributed by atoms with Crippen molar-refractivity contribution in [1.82, 2.24) is 10.3 Å². The van der Waals surface area contributed by atoms with Crippen molar-refractivity contribution in [2.24, 2.45) is 0 Å². The number of pyridine rings is 1. The van der Waals surface area contributed by atoms with E-state index in [1.807, 2.05) is 6.20 Å². The topological polar surface area (TPSA) is 37.4 Å². The lowest BCUT2D eigenvalue weighted by Gasteiger charge is -2.39. The fraction of sp³-hybridized carbons (Fsp3) is 0.688. The number of nitrogens with one attached hydrogen (secondary N) is 1. The number of hydrogen-bond acceptors (Lipinski definition) is 4. The lowest BCUT2D eigenvalue weighted by molar-refractivity contribution is 0.0296. The van der Waals surface area contributed by atoms with Crippen LogP contribution in [0.1, 0.15) is 45.7 Å². The van der Waals surface area contributed by atoms with E-state index in [0.29, 0.717) is 12.1 Å². The van der Waals surface area contributed by atoms with Crippen LogP contribution in [0.15, 0.2) is 18.3 Å². The van der Waals surface area contributed by atoms with Crippen LogP contribution in [-0.2, 0) is 4.74 Å². The summed E-state index contributed by atoms with van der Waals surface area (Å²) in [5.41, 5.74) is 1.24. The molecule has 4 nitrogen and oxygen atoms in total. The molecule has 2 heterocycles. The molecular formula is C16H27N3O. The number of aromatic nitrogens is 1. The Labute approximate surface area is 122 Å². The third-order valence-electron chi connectivity index (χ3n) is 4.01. The first-order valence-corrected chi connectivity index (χ1v) is 7.73. The van der Waals surface area contributed by atoms with Crippen LogP contribution in [0, 0.1) is 0 Å². The van der Waals surface area contributed by atoms with Crippen LogP contribution >= 0.6 is 0 Å². The summed E-state index contributed by atoms with van der Waals surface area (Å²) < 4.78 is 5.75. The summed E-state index contributed by atoms with van der Waals surface area (Å²) in [4.78, 5) is 7.05. The molecule has 0 saturated carbocycles. The molecule has 0 bridgehead atoms. The van der Waals surface area contributed by atoms with Crippen molar-refractivity contribution in [2.75, 3.05) is 24.6 Å². The zero-order valence-corrected chi connectivity index (χ0v) is 13.1. The molecule has 3 unspecified atom stereocenters. The van der Waals surface area contributed by atoms with Gasteiger partial charge in [-0.2, -0.15) is 0 Å². The quantitative estimate of drug-likeness (QED) is 0.898. The first-order valence-electron chi connectivity index (χ1n) is 7.73. The normalized spacial score (nSPS) is 24.7. The van der Waals surface area contributed by atoms with E-state index in [1.165, 1.54) is 5.56 Å². The Morgan fingerprint density at radius 2 is 2.25 bits per heavy atom. The molecule has 3 atom stereocenters. The fourth-order valence-corrected chi connectivity index (χ4v) is 2.71. The van der Waals surface area contributed by atoms with Gasteiger partial charge in [-0.15, -0.1) is 0 Å². The average molecular weight is 277 g/mol. The van der Waals surface area contributed by atoms with Gasteiger partial charge in [-0.25, -0.2) is 4.98 Å². The highest BCUT2D eigenvalue weighted by atomic mass is 16.5. The molecule has 0 radical (unpaired) electrons. The van der Waals surface area contributed by atoms with E-state index < -0.39 is 0 Å². The van der Waals surface area contributed by atoms with Gasteiger partial charge in [0, 0.05) is 18.8 Å².